The molecule has 2 rings (SSSR count). The molecule has 17 heavy (non-hydrogen) atoms. The Balaban J connectivity index is 2.11. The van der Waals surface area contributed by atoms with Crippen molar-refractivity contribution in [3.63, 3.8) is 0 Å². The van der Waals surface area contributed by atoms with Crippen LogP contribution in [0.5, 0.6) is 5.75 Å². The van der Waals surface area contributed by atoms with E-state index in [4.69, 9.17) is 5.11 Å². The van der Waals surface area contributed by atoms with Gasteiger partial charge in [-0.05, 0) is 24.3 Å². The van der Waals surface area contributed by atoms with Crippen molar-refractivity contribution in [3.05, 3.63) is 54.1 Å². The van der Waals surface area contributed by atoms with Crippen molar-refractivity contribution in [2.45, 2.75) is 0 Å². The average molecular weight is 225 g/mol. The third-order valence-electron chi connectivity index (χ3n) is 2.44. The molecule has 3 nitrogen and oxygen atoms in total. The second-order valence-corrected chi connectivity index (χ2v) is 3.87. The first kappa shape index (κ1) is 11.3. The summed E-state index contributed by atoms with van der Waals surface area (Å²) in [6.07, 6.45) is 0. The molecule has 1 amide bonds. The minimum absolute atomic E-state index is 0.157. The van der Waals surface area contributed by atoms with Crippen LogP contribution in [0.3, 0.4) is 0 Å². The molecule has 0 bridgehead atoms. The van der Waals surface area contributed by atoms with E-state index < -0.39 is 0 Å². The number of amides is 1. The van der Waals surface area contributed by atoms with Gasteiger partial charge in [0.25, 0.3) is 5.91 Å². The van der Waals surface area contributed by atoms with Crippen LogP contribution in [-0.4, -0.2) is 18.9 Å². The number of aromatic hydroxyl groups is 1. The molecule has 0 aromatic heterocycles. The standard InChI is InChI=1S/C13H12BNO2/c14-10-3-1-9(2-4-10)13(17)15-11-5-7-12(16)8-6-11/h1-8,16H,14H2,(H,15,17). The fourth-order valence-electron chi connectivity index (χ4n) is 1.45. The predicted molar refractivity (Wildman–Crippen MR) is 70.7 cm³/mol. The van der Waals surface area contributed by atoms with Gasteiger partial charge < -0.3 is 10.4 Å². The molecule has 0 aliphatic rings. The van der Waals surface area contributed by atoms with E-state index in [1.807, 2.05) is 20.0 Å². The Morgan fingerprint density at radius 2 is 1.59 bits per heavy atom. The predicted octanol–water partition coefficient (Wildman–Crippen LogP) is 0.903. The minimum atomic E-state index is -0.157. The molecule has 0 aliphatic heterocycles. The SMILES string of the molecule is Bc1ccc(C(=O)Nc2ccc(O)cc2)cc1. The number of carbonyl (C=O) groups is 1. The first-order valence-electron chi connectivity index (χ1n) is 5.32. The van der Waals surface area contributed by atoms with Gasteiger partial charge in [0, 0.05) is 11.3 Å². The van der Waals surface area contributed by atoms with Gasteiger partial charge in [-0.1, -0.05) is 29.7 Å². The van der Waals surface area contributed by atoms with E-state index in [1.54, 1.807) is 24.3 Å². The molecule has 0 atom stereocenters. The zero-order valence-corrected chi connectivity index (χ0v) is 9.47. The summed E-state index contributed by atoms with van der Waals surface area (Å²) >= 11 is 0. The fraction of sp³-hybridized carbons (Fsp3) is 0. The molecule has 0 radical (unpaired) electrons. The number of rotatable bonds is 2. The number of carbonyl (C=O) groups excluding carboxylic acids is 1. The second kappa shape index (κ2) is 4.74. The van der Waals surface area contributed by atoms with Gasteiger partial charge in [-0.15, -0.1) is 0 Å². The van der Waals surface area contributed by atoms with E-state index in [1.165, 1.54) is 12.1 Å². The van der Waals surface area contributed by atoms with E-state index in [2.05, 4.69) is 5.32 Å². The van der Waals surface area contributed by atoms with Gasteiger partial charge in [-0.25, -0.2) is 0 Å². The van der Waals surface area contributed by atoms with Crippen molar-refractivity contribution in [1.29, 1.82) is 0 Å². The third-order valence-corrected chi connectivity index (χ3v) is 2.44. The van der Waals surface area contributed by atoms with Crippen LogP contribution in [-0.2, 0) is 0 Å². The Morgan fingerprint density at radius 1 is 1.00 bits per heavy atom. The number of phenolic OH excluding ortho intramolecular Hbond substituents is 1. The lowest BCUT2D eigenvalue weighted by molar-refractivity contribution is 0.102. The Kier molecular flexibility index (Phi) is 3.14. The number of nitrogens with one attached hydrogen (secondary N) is 1. The Hall–Kier alpha value is -2.23. The van der Waals surface area contributed by atoms with Gasteiger partial charge in [-0.3, -0.25) is 4.79 Å². The number of hydrogen-bond donors (Lipinski definition) is 2. The summed E-state index contributed by atoms with van der Waals surface area (Å²) in [5.74, 6) is 0.0222. The maximum absolute atomic E-state index is 11.8. The lowest BCUT2D eigenvalue weighted by Crippen LogP contribution is -2.13. The summed E-state index contributed by atoms with van der Waals surface area (Å²) < 4.78 is 0. The van der Waals surface area contributed by atoms with Crippen LogP contribution in [0.15, 0.2) is 48.5 Å². The number of anilines is 1. The number of benzene rings is 2. The molecular weight excluding hydrogens is 213 g/mol. The molecule has 0 saturated heterocycles. The van der Waals surface area contributed by atoms with Crippen molar-refractivity contribution < 1.29 is 9.90 Å². The van der Waals surface area contributed by atoms with Gasteiger partial charge in [-0.2, -0.15) is 0 Å². The highest BCUT2D eigenvalue weighted by molar-refractivity contribution is 6.32. The second-order valence-electron chi connectivity index (χ2n) is 3.87. The minimum Gasteiger partial charge on any atom is -0.508 e. The van der Waals surface area contributed by atoms with Gasteiger partial charge in [0.2, 0.25) is 0 Å². The monoisotopic (exact) mass is 225 g/mol. The summed E-state index contributed by atoms with van der Waals surface area (Å²) in [5.41, 5.74) is 2.39. The van der Waals surface area contributed by atoms with Crippen LogP contribution >= 0.6 is 0 Å². The highest BCUT2D eigenvalue weighted by Crippen LogP contribution is 2.14. The highest BCUT2D eigenvalue weighted by atomic mass is 16.3. The maximum Gasteiger partial charge on any atom is 0.255 e. The molecule has 0 fully saturated rings. The Morgan fingerprint density at radius 3 is 2.18 bits per heavy atom. The summed E-state index contributed by atoms with van der Waals surface area (Å²) in [6.45, 7) is 0. The lowest BCUT2D eigenvalue weighted by atomic mass is 9.95. The van der Waals surface area contributed by atoms with Gasteiger partial charge in [0.05, 0.1) is 0 Å². The van der Waals surface area contributed by atoms with Gasteiger partial charge in [0.1, 0.15) is 13.6 Å². The van der Waals surface area contributed by atoms with Gasteiger partial charge >= 0.3 is 0 Å². The van der Waals surface area contributed by atoms with Gasteiger partial charge in [0.15, 0.2) is 0 Å². The normalized spacial score (nSPS) is 9.88. The van der Waals surface area contributed by atoms with Crippen LogP contribution in [0.1, 0.15) is 10.4 Å². The smallest absolute Gasteiger partial charge is 0.255 e. The van der Waals surface area contributed by atoms with Crippen molar-refractivity contribution in [1.82, 2.24) is 0 Å². The molecule has 2 N–H and O–H groups in total. The van der Waals surface area contributed by atoms with Crippen LogP contribution in [0.2, 0.25) is 0 Å². The lowest BCUT2D eigenvalue weighted by Gasteiger charge is -2.05. The quantitative estimate of drug-likeness (QED) is 0.589. The van der Waals surface area contributed by atoms with Crippen molar-refractivity contribution in [2.75, 3.05) is 5.32 Å². The number of hydrogen-bond acceptors (Lipinski definition) is 2. The molecule has 0 aliphatic carbocycles. The average Bonchev–Trinajstić information content (AvgIpc) is 2.33. The van der Waals surface area contributed by atoms with Crippen LogP contribution < -0.4 is 10.8 Å². The summed E-state index contributed by atoms with van der Waals surface area (Å²) in [6, 6.07) is 13.7. The molecule has 0 spiro atoms. The van der Waals surface area contributed by atoms with E-state index >= 15 is 0 Å². The topological polar surface area (TPSA) is 49.3 Å². The van der Waals surface area contributed by atoms with E-state index in [-0.39, 0.29) is 11.7 Å². The van der Waals surface area contributed by atoms with E-state index in [0.29, 0.717) is 11.3 Å². The zero-order chi connectivity index (χ0) is 12.3. The molecule has 4 heteroatoms. The summed E-state index contributed by atoms with van der Waals surface area (Å²) in [7, 11) is 1.97. The van der Waals surface area contributed by atoms with Crippen molar-refractivity contribution >= 4 is 24.9 Å². The fourth-order valence-corrected chi connectivity index (χ4v) is 1.45. The molecule has 2 aromatic carbocycles. The Bertz CT molecular complexity index is 520. The molecule has 0 unspecified atom stereocenters. The van der Waals surface area contributed by atoms with E-state index in [0.717, 1.165) is 5.46 Å². The van der Waals surface area contributed by atoms with E-state index in [9.17, 15) is 4.79 Å². The first-order chi connectivity index (χ1) is 8.15. The van der Waals surface area contributed by atoms with Crippen LogP contribution in [0.4, 0.5) is 5.69 Å². The first-order valence-corrected chi connectivity index (χ1v) is 5.32. The zero-order valence-electron chi connectivity index (χ0n) is 9.47. The van der Waals surface area contributed by atoms with Crippen molar-refractivity contribution in [3.8, 4) is 5.75 Å². The molecule has 0 saturated carbocycles. The number of phenols is 1. The third kappa shape index (κ3) is 2.87. The molecule has 84 valence electrons. The maximum atomic E-state index is 11.8. The molecule has 2 aromatic rings. The highest BCUT2D eigenvalue weighted by Gasteiger charge is 2.04. The Labute approximate surface area is 101 Å². The van der Waals surface area contributed by atoms with Crippen molar-refractivity contribution in [2.24, 2.45) is 0 Å². The summed E-state index contributed by atoms with van der Waals surface area (Å²) in [5, 5.41) is 11.9. The van der Waals surface area contributed by atoms with Crippen LogP contribution in [0, 0.1) is 0 Å². The molecular formula is C13H12BNO2. The molecule has 0 heterocycles. The van der Waals surface area contributed by atoms with Crippen LogP contribution in [0.25, 0.3) is 0 Å². The largest absolute Gasteiger partial charge is 0.508 e. The summed E-state index contributed by atoms with van der Waals surface area (Å²) in [4.78, 5) is 11.8.